The Hall–Kier alpha value is -2.32. The van der Waals surface area contributed by atoms with E-state index in [9.17, 15) is 0 Å². The van der Waals surface area contributed by atoms with E-state index in [4.69, 9.17) is 9.15 Å². The number of oxazole rings is 1. The fourth-order valence-electron chi connectivity index (χ4n) is 5.35. The molecule has 2 aromatic heterocycles. The molecule has 32 heavy (non-hydrogen) atoms. The Morgan fingerprint density at radius 2 is 2.16 bits per heavy atom. The fourth-order valence-corrected chi connectivity index (χ4v) is 6.19. The van der Waals surface area contributed by atoms with Crippen LogP contribution in [0.25, 0.3) is 11.6 Å². The summed E-state index contributed by atoms with van der Waals surface area (Å²) in [5, 5.41) is 9.58. The zero-order valence-electron chi connectivity index (χ0n) is 19.1. The monoisotopic (exact) mass is 453 g/mol. The molecule has 1 atom stereocenters. The third-order valence-electron chi connectivity index (χ3n) is 7.05. The van der Waals surface area contributed by atoms with Crippen LogP contribution in [-0.4, -0.2) is 57.1 Å². The van der Waals surface area contributed by atoms with E-state index in [0.717, 1.165) is 41.1 Å². The summed E-state index contributed by atoms with van der Waals surface area (Å²) >= 11 is 1.76. The SMILES string of the molecule is COc1ccc2c(c1)CCCC21CCN(CCCSc2nnc(-c3ocnc3C)n2C)C1. The molecule has 1 aromatic carbocycles. The van der Waals surface area contributed by atoms with Crippen LogP contribution >= 0.6 is 11.8 Å². The average Bonchev–Trinajstić information content (AvgIpc) is 3.51. The second-order valence-corrected chi connectivity index (χ2v) is 10.1. The third-order valence-corrected chi connectivity index (χ3v) is 8.16. The number of ether oxygens (including phenoxy) is 1. The van der Waals surface area contributed by atoms with Crippen LogP contribution in [0.3, 0.4) is 0 Å². The normalized spacial score (nSPS) is 20.7. The molecule has 0 saturated carbocycles. The number of aromatic nitrogens is 4. The van der Waals surface area contributed by atoms with Crippen molar-refractivity contribution >= 4 is 11.8 Å². The Bertz CT molecular complexity index is 1090. The molecule has 7 nitrogen and oxygen atoms in total. The summed E-state index contributed by atoms with van der Waals surface area (Å²) < 4.78 is 12.9. The Labute approximate surface area is 193 Å². The molecule has 1 unspecified atom stereocenters. The molecule has 0 N–H and O–H groups in total. The number of thioether (sulfide) groups is 1. The van der Waals surface area contributed by atoms with Gasteiger partial charge >= 0.3 is 0 Å². The standard InChI is InChI=1S/C24H31N5O2S/c1-17-21(31-16-25-17)22-26-27-23(28(22)2)32-13-5-11-29-12-10-24(15-29)9-4-6-18-14-19(30-3)7-8-20(18)24/h7-8,14,16H,4-6,9-13,15H2,1-3H3. The number of nitrogens with zero attached hydrogens (tertiary/aromatic N) is 5. The highest BCUT2D eigenvalue weighted by molar-refractivity contribution is 7.99. The highest BCUT2D eigenvalue weighted by atomic mass is 32.2. The van der Waals surface area contributed by atoms with Gasteiger partial charge in [0.15, 0.2) is 17.3 Å². The van der Waals surface area contributed by atoms with Crippen LogP contribution in [0.1, 0.15) is 42.5 Å². The van der Waals surface area contributed by atoms with E-state index in [2.05, 4.69) is 38.3 Å². The van der Waals surface area contributed by atoms with E-state index in [0.29, 0.717) is 11.2 Å². The molecule has 0 radical (unpaired) electrons. The molecule has 1 spiro atoms. The lowest BCUT2D eigenvalue weighted by Gasteiger charge is -2.36. The number of benzene rings is 1. The van der Waals surface area contributed by atoms with Gasteiger partial charge in [-0.2, -0.15) is 0 Å². The summed E-state index contributed by atoms with van der Waals surface area (Å²) in [6, 6.07) is 6.72. The van der Waals surface area contributed by atoms with Crippen molar-refractivity contribution in [3.05, 3.63) is 41.4 Å². The largest absolute Gasteiger partial charge is 0.497 e. The minimum atomic E-state index is 0.334. The van der Waals surface area contributed by atoms with Gasteiger partial charge in [-0.1, -0.05) is 17.8 Å². The second-order valence-electron chi connectivity index (χ2n) is 9.02. The Balaban J connectivity index is 1.16. The number of hydrogen-bond donors (Lipinski definition) is 0. The van der Waals surface area contributed by atoms with Gasteiger partial charge in [0.25, 0.3) is 0 Å². The summed E-state index contributed by atoms with van der Waals surface area (Å²) in [4.78, 5) is 6.81. The maximum atomic E-state index is 5.47. The summed E-state index contributed by atoms with van der Waals surface area (Å²) in [7, 11) is 3.74. The molecule has 1 fully saturated rings. The third kappa shape index (κ3) is 3.94. The van der Waals surface area contributed by atoms with Gasteiger partial charge in [-0.15, -0.1) is 10.2 Å². The molecule has 0 bridgehead atoms. The van der Waals surface area contributed by atoms with Gasteiger partial charge in [0.1, 0.15) is 5.75 Å². The smallest absolute Gasteiger partial charge is 0.202 e. The van der Waals surface area contributed by atoms with Crippen LogP contribution in [0.15, 0.2) is 34.2 Å². The molecule has 8 heteroatoms. The van der Waals surface area contributed by atoms with Crippen molar-refractivity contribution in [1.29, 1.82) is 0 Å². The molecular formula is C24H31N5O2S. The van der Waals surface area contributed by atoms with Gasteiger partial charge in [-0.3, -0.25) is 0 Å². The number of rotatable bonds is 7. The molecule has 0 amide bonds. The predicted octanol–water partition coefficient (Wildman–Crippen LogP) is 4.25. The minimum absolute atomic E-state index is 0.334. The Morgan fingerprint density at radius 3 is 2.97 bits per heavy atom. The summed E-state index contributed by atoms with van der Waals surface area (Å²) in [6.45, 7) is 5.42. The van der Waals surface area contributed by atoms with Gasteiger partial charge in [0, 0.05) is 24.8 Å². The molecule has 1 saturated heterocycles. The van der Waals surface area contributed by atoms with Crippen LogP contribution in [0, 0.1) is 6.92 Å². The minimum Gasteiger partial charge on any atom is -0.497 e. The Morgan fingerprint density at radius 1 is 1.25 bits per heavy atom. The second kappa shape index (κ2) is 8.90. The van der Waals surface area contributed by atoms with E-state index >= 15 is 0 Å². The van der Waals surface area contributed by atoms with Crippen molar-refractivity contribution in [2.24, 2.45) is 7.05 Å². The average molecular weight is 454 g/mol. The van der Waals surface area contributed by atoms with Crippen LogP contribution in [-0.2, 0) is 18.9 Å². The number of aryl methyl sites for hydroxylation is 2. The maximum absolute atomic E-state index is 5.47. The van der Waals surface area contributed by atoms with Gasteiger partial charge in [-0.25, -0.2) is 4.98 Å². The van der Waals surface area contributed by atoms with Crippen molar-refractivity contribution in [2.75, 3.05) is 32.5 Å². The number of fused-ring (bicyclic) bond motifs is 2. The lowest BCUT2D eigenvalue weighted by molar-refractivity contribution is 0.294. The zero-order chi connectivity index (χ0) is 22.1. The zero-order valence-corrected chi connectivity index (χ0v) is 20.0. The summed E-state index contributed by atoms with van der Waals surface area (Å²) in [5.74, 6) is 3.44. The van der Waals surface area contributed by atoms with Crippen molar-refractivity contribution in [1.82, 2.24) is 24.6 Å². The first-order chi connectivity index (χ1) is 15.6. The van der Waals surface area contributed by atoms with Crippen LogP contribution in [0.2, 0.25) is 0 Å². The number of likely N-dealkylation sites (tertiary alicyclic amines) is 1. The Kier molecular flexibility index (Phi) is 5.99. The van der Waals surface area contributed by atoms with E-state index in [1.165, 1.54) is 50.7 Å². The van der Waals surface area contributed by atoms with Crippen molar-refractivity contribution in [3.8, 4) is 17.3 Å². The summed E-state index contributed by atoms with van der Waals surface area (Å²) in [6.07, 6.45) is 7.63. The highest BCUT2D eigenvalue weighted by Crippen LogP contribution is 2.45. The van der Waals surface area contributed by atoms with Crippen LogP contribution in [0.4, 0.5) is 0 Å². The maximum Gasteiger partial charge on any atom is 0.202 e. The van der Waals surface area contributed by atoms with E-state index in [1.54, 1.807) is 24.4 Å². The molecule has 3 aromatic rings. The van der Waals surface area contributed by atoms with E-state index in [1.807, 2.05) is 18.5 Å². The molecule has 2 aliphatic rings. The van der Waals surface area contributed by atoms with Crippen molar-refractivity contribution in [2.45, 2.75) is 49.6 Å². The quantitative estimate of drug-likeness (QED) is 0.391. The molecular weight excluding hydrogens is 422 g/mol. The lowest BCUT2D eigenvalue weighted by atomic mass is 9.69. The van der Waals surface area contributed by atoms with Gasteiger partial charge in [-0.05, 0) is 75.4 Å². The first kappa shape index (κ1) is 21.5. The van der Waals surface area contributed by atoms with Crippen LogP contribution in [0.5, 0.6) is 5.75 Å². The molecule has 170 valence electrons. The van der Waals surface area contributed by atoms with Crippen molar-refractivity contribution in [3.63, 3.8) is 0 Å². The first-order valence-corrected chi connectivity index (χ1v) is 12.4. The lowest BCUT2D eigenvalue weighted by Crippen LogP contribution is -2.35. The topological polar surface area (TPSA) is 69.2 Å². The number of hydrogen-bond acceptors (Lipinski definition) is 7. The molecule has 5 rings (SSSR count). The molecule has 1 aliphatic carbocycles. The number of methoxy groups -OCH3 is 1. The first-order valence-electron chi connectivity index (χ1n) is 11.4. The highest BCUT2D eigenvalue weighted by Gasteiger charge is 2.42. The summed E-state index contributed by atoms with van der Waals surface area (Å²) in [5.41, 5.74) is 4.23. The fraction of sp³-hybridized carbons (Fsp3) is 0.542. The predicted molar refractivity (Wildman–Crippen MR) is 125 cm³/mol. The van der Waals surface area contributed by atoms with E-state index < -0.39 is 0 Å². The van der Waals surface area contributed by atoms with Gasteiger partial charge in [0.05, 0.1) is 12.8 Å². The van der Waals surface area contributed by atoms with E-state index in [-0.39, 0.29) is 0 Å². The van der Waals surface area contributed by atoms with Crippen LogP contribution < -0.4 is 4.74 Å². The molecule has 1 aliphatic heterocycles. The van der Waals surface area contributed by atoms with Crippen molar-refractivity contribution < 1.29 is 9.15 Å². The molecule has 3 heterocycles. The van der Waals surface area contributed by atoms with Gasteiger partial charge in [0.2, 0.25) is 5.82 Å². The van der Waals surface area contributed by atoms with Gasteiger partial charge < -0.3 is 18.6 Å².